The summed E-state index contributed by atoms with van der Waals surface area (Å²) in [5, 5.41) is 24.0. The smallest absolute Gasteiger partial charge is 0.309 e. The lowest BCUT2D eigenvalue weighted by molar-refractivity contribution is -0.344. The van der Waals surface area contributed by atoms with Crippen molar-refractivity contribution in [1.82, 2.24) is 14.7 Å². The van der Waals surface area contributed by atoms with Crippen LogP contribution in [0.4, 0.5) is 0 Å². The molecule has 16 heteroatoms. The van der Waals surface area contributed by atoms with Gasteiger partial charge in [-0.15, -0.1) is 0 Å². The second-order valence-corrected chi connectivity index (χ2v) is 20.2. The van der Waals surface area contributed by atoms with Crippen molar-refractivity contribution in [1.29, 1.82) is 0 Å². The molecule has 1 aromatic carbocycles. The molecule has 4 rings (SSSR count). The van der Waals surface area contributed by atoms with E-state index in [0.29, 0.717) is 32.4 Å². The normalized spacial score (nSPS) is 36.8. The van der Waals surface area contributed by atoms with E-state index in [0.717, 1.165) is 0 Å². The highest BCUT2D eigenvalue weighted by Gasteiger charge is 2.53. The van der Waals surface area contributed by atoms with Gasteiger partial charge in [0.2, 0.25) is 0 Å². The summed E-state index contributed by atoms with van der Waals surface area (Å²) in [4.78, 5) is 45.3. The lowest BCUT2D eigenvalue weighted by Crippen LogP contribution is -2.66. The molecule has 2 saturated heterocycles. The lowest BCUT2D eigenvalue weighted by Gasteiger charge is -2.50. The third kappa shape index (κ3) is 16.0. The minimum atomic E-state index is -1.47. The predicted molar refractivity (Wildman–Crippen MR) is 249 cm³/mol. The van der Waals surface area contributed by atoms with Crippen LogP contribution in [0.1, 0.15) is 99.5 Å². The maximum atomic E-state index is 13.6. The molecule has 0 spiro atoms. The number of carbonyl (C=O) groups is 3. The molecule has 2 fully saturated rings. The van der Waals surface area contributed by atoms with Crippen molar-refractivity contribution in [2.24, 2.45) is 17.8 Å². The molecule has 1 unspecified atom stereocenters. The number of methoxy groups -OCH3 is 1. The van der Waals surface area contributed by atoms with Gasteiger partial charge < -0.3 is 62.8 Å². The zero-order chi connectivity index (χ0) is 49.0. The number of hydrogen-bond donors (Lipinski definition) is 2. The van der Waals surface area contributed by atoms with Crippen LogP contribution in [0, 0.1) is 17.8 Å². The van der Waals surface area contributed by atoms with Crippen molar-refractivity contribution in [2.45, 2.75) is 186 Å². The van der Waals surface area contributed by atoms with Gasteiger partial charge in [0.25, 0.3) is 0 Å². The number of benzene rings is 1. The first-order chi connectivity index (χ1) is 31.0. The number of nitrogens with zero attached hydrogens (tertiary/aromatic N) is 3. The highest BCUT2D eigenvalue weighted by Crippen LogP contribution is 2.38. The van der Waals surface area contributed by atoms with Crippen molar-refractivity contribution in [3.05, 3.63) is 48.0 Å². The maximum Gasteiger partial charge on any atom is 0.309 e. The molecule has 2 N–H and O–H groups in total. The van der Waals surface area contributed by atoms with Crippen LogP contribution in [0.3, 0.4) is 0 Å². The zero-order valence-electron chi connectivity index (χ0n) is 42.2. The summed E-state index contributed by atoms with van der Waals surface area (Å²) >= 11 is 0. The molecule has 0 amide bonds. The molecule has 16 nitrogen and oxygen atoms in total. The van der Waals surface area contributed by atoms with Crippen LogP contribution in [-0.4, -0.2) is 177 Å². The number of rotatable bonds is 16. The van der Waals surface area contributed by atoms with Crippen molar-refractivity contribution < 1.29 is 62.5 Å². The summed E-state index contributed by atoms with van der Waals surface area (Å²) in [6.45, 7) is 15.7. The molecule has 0 radical (unpaired) electrons. The molecule has 16 atom stereocenters. The summed E-state index contributed by atoms with van der Waals surface area (Å²) in [5.74, 6) is -1.68. The van der Waals surface area contributed by atoms with Crippen molar-refractivity contribution in [2.75, 3.05) is 48.9 Å². The van der Waals surface area contributed by atoms with Crippen molar-refractivity contribution >= 4 is 17.9 Å². The number of aliphatic hydroxyl groups excluding tert-OH is 1. The molecule has 0 saturated carbocycles. The molecule has 376 valence electrons. The number of esters is 3. The first-order valence-electron chi connectivity index (χ1n) is 23.8. The van der Waals surface area contributed by atoms with Gasteiger partial charge in [0.15, 0.2) is 18.7 Å². The minimum absolute atomic E-state index is 0.00554. The Morgan fingerprint density at radius 3 is 2.20 bits per heavy atom. The van der Waals surface area contributed by atoms with E-state index in [1.54, 1.807) is 13.8 Å². The number of cyclic esters (lactones) is 1. The Labute approximate surface area is 394 Å². The number of likely N-dealkylation sites (N-methyl/N-ethyl adjacent to an activating group) is 2. The summed E-state index contributed by atoms with van der Waals surface area (Å²) in [7, 11) is 11.3. The molecule has 3 aliphatic rings. The average molecular weight is 934 g/mol. The number of aliphatic hydroxyl groups is 2. The van der Waals surface area contributed by atoms with Crippen LogP contribution in [0.15, 0.2) is 42.5 Å². The summed E-state index contributed by atoms with van der Waals surface area (Å²) < 4.78 is 50.4. The Balaban J connectivity index is 1.72. The molecular weight excluding hydrogens is 851 g/mol. The summed E-state index contributed by atoms with van der Waals surface area (Å²) in [6.07, 6.45) is -4.05. The van der Waals surface area contributed by atoms with E-state index < -0.39 is 97.1 Å². The Hall–Kier alpha value is -3.03. The minimum Gasteiger partial charge on any atom is -0.462 e. The predicted octanol–water partition coefficient (Wildman–Crippen LogP) is 4.96. The molecule has 0 bridgehead atoms. The second-order valence-electron chi connectivity index (χ2n) is 20.2. The van der Waals surface area contributed by atoms with Crippen LogP contribution < -0.4 is 0 Å². The number of ether oxygens (including phenoxy) is 8. The average Bonchev–Trinajstić information content (AvgIpc) is 3.20. The van der Waals surface area contributed by atoms with Gasteiger partial charge in [-0.25, -0.2) is 0 Å². The number of carbonyl (C=O) groups excluding carboxylic acids is 3. The van der Waals surface area contributed by atoms with Crippen molar-refractivity contribution in [3.8, 4) is 0 Å². The monoisotopic (exact) mass is 934 g/mol. The van der Waals surface area contributed by atoms with Crippen LogP contribution in [0.2, 0.25) is 0 Å². The van der Waals surface area contributed by atoms with Gasteiger partial charge in [0, 0.05) is 45.9 Å². The van der Waals surface area contributed by atoms with Gasteiger partial charge in [-0.1, -0.05) is 63.3 Å². The quantitative estimate of drug-likeness (QED) is 0.129. The van der Waals surface area contributed by atoms with E-state index in [1.165, 1.54) is 19.6 Å². The topological polar surface area (TPSA) is 175 Å². The van der Waals surface area contributed by atoms with E-state index >= 15 is 0 Å². The Morgan fingerprint density at radius 1 is 0.924 bits per heavy atom. The Bertz CT molecular complexity index is 1680. The van der Waals surface area contributed by atoms with E-state index in [2.05, 4.69) is 48.1 Å². The second kappa shape index (κ2) is 25.5. The van der Waals surface area contributed by atoms with Gasteiger partial charge in [-0.3, -0.25) is 14.4 Å². The molecule has 3 aliphatic heterocycles. The van der Waals surface area contributed by atoms with Gasteiger partial charge >= 0.3 is 17.9 Å². The SMILES string of the molecule is CO[C@@H]1[C@@H](O[C@@H]2O[C@H](C)C(O[C@H]3C[C@@](C)(O)[C@@H](OC(=O)CC(C)C)[C@H](C)O3)[C@H](N(C)C)[C@H]2O)[C@@H](CCN(C)Cc2ccccc2)C[C@@H](C)[C@@H](N(C)C)/C=C/C[C@@H](C)OC(=O)C[C@H]1OC(C)=O. The standard InChI is InChI=1S/C50H83N3O13/c1-30(2)25-40(55)64-48-34(6)61-42(28-50(48,8)58)65-45-33(5)62-49(44(57)43(45)52(11)12)66-46-37(23-24-53(13)29-36-20-16-15-17-21-36)26-31(3)38(51(9)10)22-18-19-32(4)60-41(56)27-39(47(46)59-14)63-35(7)54/h15-18,20-22,30-34,37-39,42-49,57-58H,19,23-29H2,1-14H3/b22-18+/t31-,32-,33-,34+,37+,38+,39-,42+,43-,44-,45?,46+,47+,48+,49+,50-/m1/s1. The Morgan fingerprint density at radius 2 is 1.61 bits per heavy atom. The number of hydrogen-bond acceptors (Lipinski definition) is 16. The fourth-order valence-electron chi connectivity index (χ4n) is 9.93. The third-order valence-corrected chi connectivity index (χ3v) is 13.1. The van der Waals surface area contributed by atoms with Crippen LogP contribution in [0.25, 0.3) is 0 Å². The highest BCUT2D eigenvalue weighted by atomic mass is 16.7. The van der Waals surface area contributed by atoms with Crippen LogP contribution in [-0.2, 0) is 58.8 Å². The molecule has 0 aliphatic carbocycles. The van der Waals surface area contributed by atoms with Gasteiger partial charge in [-0.05, 0) is 106 Å². The van der Waals surface area contributed by atoms with E-state index in [4.69, 9.17) is 37.9 Å². The largest absolute Gasteiger partial charge is 0.462 e. The van der Waals surface area contributed by atoms with E-state index in [-0.39, 0.29) is 43.1 Å². The summed E-state index contributed by atoms with van der Waals surface area (Å²) in [5.41, 5.74) is -0.304. The van der Waals surface area contributed by atoms with Gasteiger partial charge in [0.05, 0.1) is 30.8 Å². The van der Waals surface area contributed by atoms with Crippen molar-refractivity contribution in [3.63, 3.8) is 0 Å². The van der Waals surface area contributed by atoms with Crippen LogP contribution >= 0.6 is 0 Å². The van der Waals surface area contributed by atoms with E-state index in [9.17, 15) is 24.6 Å². The van der Waals surface area contributed by atoms with Crippen LogP contribution in [0.5, 0.6) is 0 Å². The summed E-state index contributed by atoms with van der Waals surface area (Å²) in [6, 6.07) is 9.53. The first-order valence-corrected chi connectivity index (χ1v) is 23.8. The molecule has 1 aromatic rings. The molecule has 66 heavy (non-hydrogen) atoms. The fourth-order valence-corrected chi connectivity index (χ4v) is 9.93. The van der Waals surface area contributed by atoms with Gasteiger partial charge in [-0.2, -0.15) is 0 Å². The lowest BCUT2D eigenvalue weighted by atomic mass is 9.81. The first kappa shape index (κ1) is 55.6. The fraction of sp³-hybridized carbons (Fsp3) is 0.780. The third-order valence-electron chi connectivity index (χ3n) is 13.1. The molecule has 3 heterocycles. The maximum absolute atomic E-state index is 13.6. The Kier molecular flexibility index (Phi) is 21.5. The zero-order valence-corrected chi connectivity index (χ0v) is 42.2. The molecular formula is C50H83N3O13. The highest BCUT2D eigenvalue weighted by molar-refractivity contribution is 5.72. The van der Waals surface area contributed by atoms with Gasteiger partial charge in [0.1, 0.15) is 36.1 Å². The molecule has 0 aromatic heterocycles. The van der Waals surface area contributed by atoms with E-state index in [1.807, 2.05) is 79.0 Å².